The van der Waals surface area contributed by atoms with E-state index in [4.69, 9.17) is 4.42 Å². The molecule has 0 fully saturated rings. The molecule has 1 amide bonds. The molecule has 0 unspecified atom stereocenters. The number of carbonyl (C=O) groups excluding carboxylic acids is 1. The number of furan rings is 1. The van der Waals surface area contributed by atoms with Gasteiger partial charge in [0, 0.05) is 12.7 Å². The van der Waals surface area contributed by atoms with Crippen LogP contribution in [0, 0.1) is 6.92 Å². The molecule has 0 aliphatic carbocycles. The van der Waals surface area contributed by atoms with E-state index in [0.717, 1.165) is 11.5 Å². The van der Waals surface area contributed by atoms with E-state index in [0.29, 0.717) is 17.4 Å². The average molecular weight is 277 g/mol. The molecule has 0 N–H and O–H groups in total. The Hall–Kier alpha value is -1.82. The summed E-state index contributed by atoms with van der Waals surface area (Å²) in [5.74, 6) is 0.601. The van der Waals surface area contributed by atoms with E-state index in [-0.39, 0.29) is 5.91 Å². The van der Waals surface area contributed by atoms with E-state index >= 15 is 0 Å². The second kappa shape index (κ2) is 5.88. The van der Waals surface area contributed by atoms with Crippen LogP contribution < -0.4 is 0 Å². The van der Waals surface area contributed by atoms with E-state index < -0.39 is 0 Å². The molecule has 0 atom stereocenters. The molecule has 0 radical (unpaired) electrons. The lowest BCUT2D eigenvalue weighted by molar-refractivity contribution is 0.0768. The zero-order valence-corrected chi connectivity index (χ0v) is 11.9. The van der Waals surface area contributed by atoms with E-state index in [9.17, 15) is 4.79 Å². The molecule has 19 heavy (non-hydrogen) atoms. The molecule has 0 spiro atoms. The monoisotopic (exact) mass is 277 g/mol. The van der Waals surface area contributed by atoms with Crippen molar-refractivity contribution in [1.29, 1.82) is 0 Å². The Kier molecular flexibility index (Phi) is 4.21. The Balaban J connectivity index is 2.16. The highest BCUT2D eigenvalue weighted by molar-refractivity contribution is 7.98. The number of carbonyl (C=O) groups is 1. The molecule has 0 aromatic carbocycles. The van der Waals surface area contributed by atoms with Crippen LogP contribution in [0.5, 0.6) is 0 Å². The predicted octanol–water partition coefficient (Wildman–Crippen LogP) is 2.37. The Morgan fingerprint density at radius 3 is 2.89 bits per heavy atom. The third-order valence-electron chi connectivity index (χ3n) is 2.56. The van der Waals surface area contributed by atoms with Crippen molar-refractivity contribution < 1.29 is 9.21 Å². The second-order valence-electron chi connectivity index (χ2n) is 4.12. The van der Waals surface area contributed by atoms with Crippen LogP contribution in [0.2, 0.25) is 0 Å². The fourth-order valence-electron chi connectivity index (χ4n) is 1.65. The van der Waals surface area contributed by atoms with Gasteiger partial charge in [0.15, 0.2) is 5.16 Å². The third kappa shape index (κ3) is 3.35. The van der Waals surface area contributed by atoms with Crippen molar-refractivity contribution >= 4 is 17.7 Å². The summed E-state index contributed by atoms with van der Waals surface area (Å²) in [5, 5.41) is 0.606. The summed E-state index contributed by atoms with van der Waals surface area (Å²) in [4.78, 5) is 22.3. The SMILES string of the molecule is CSc1nc(C)cc(C(=O)N(C)Cc2ccco2)n1. The lowest BCUT2D eigenvalue weighted by atomic mass is 10.3. The van der Waals surface area contributed by atoms with Crippen LogP contribution in [0.3, 0.4) is 0 Å². The van der Waals surface area contributed by atoms with Gasteiger partial charge in [0.25, 0.3) is 5.91 Å². The molecule has 5 nitrogen and oxygen atoms in total. The molecule has 0 aliphatic rings. The van der Waals surface area contributed by atoms with Crippen LogP contribution in [-0.2, 0) is 6.54 Å². The number of hydrogen-bond donors (Lipinski definition) is 0. The molecule has 2 heterocycles. The van der Waals surface area contributed by atoms with Crippen LogP contribution >= 0.6 is 11.8 Å². The molecule has 0 saturated carbocycles. The van der Waals surface area contributed by atoms with Gasteiger partial charge in [0.05, 0.1) is 12.8 Å². The molecule has 2 rings (SSSR count). The second-order valence-corrected chi connectivity index (χ2v) is 4.90. The first-order chi connectivity index (χ1) is 9.10. The first kappa shape index (κ1) is 13.6. The molecule has 0 saturated heterocycles. The zero-order valence-electron chi connectivity index (χ0n) is 11.1. The fraction of sp³-hybridized carbons (Fsp3) is 0.308. The molecule has 0 aliphatic heterocycles. The quantitative estimate of drug-likeness (QED) is 0.634. The van der Waals surface area contributed by atoms with Crippen molar-refractivity contribution in [2.24, 2.45) is 0 Å². The summed E-state index contributed by atoms with van der Waals surface area (Å²) in [6, 6.07) is 5.33. The molecule has 6 heteroatoms. The maximum atomic E-state index is 12.3. The predicted molar refractivity (Wildman–Crippen MR) is 73.1 cm³/mol. The van der Waals surface area contributed by atoms with E-state index in [1.54, 1.807) is 30.3 Å². The normalized spacial score (nSPS) is 10.5. The Bertz CT molecular complexity index is 569. The zero-order chi connectivity index (χ0) is 13.8. The minimum atomic E-state index is -0.141. The summed E-state index contributed by atoms with van der Waals surface area (Å²) in [5.41, 5.74) is 1.19. The number of aromatic nitrogens is 2. The van der Waals surface area contributed by atoms with Gasteiger partial charge in [-0.2, -0.15) is 0 Å². The van der Waals surface area contributed by atoms with E-state index in [1.165, 1.54) is 11.8 Å². The van der Waals surface area contributed by atoms with Crippen LogP contribution in [0.1, 0.15) is 21.9 Å². The summed E-state index contributed by atoms with van der Waals surface area (Å²) >= 11 is 1.42. The Morgan fingerprint density at radius 2 is 2.26 bits per heavy atom. The third-order valence-corrected chi connectivity index (χ3v) is 3.10. The number of thioether (sulfide) groups is 1. The van der Waals surface area contributed by atoms with Crippen molar-refractivity contribution in [3.05, 3.63) is 41.6 Å². The largest absolute Gasteiger partial charge is 0.467 e. The molecule has 2 aromatic heterocycles. The van der Waals surface area contributed by atoms with Gasteiger partial charge in [0.1, 0.15) is 11.5 Å². The molecule has 2 aromatic rings. The highest BCUT2D eigenvalue weighted by Gasteiger charge is 2.16. The highest BCUT2D eigenvalue weighted by Crippen LogP contribution is 2.13. The standard InChI is InChI=1S/C13H15N3O2S/c1-9-7-11(15-13(14-9)19-3)12(17)16(2)8-10-5-4-6-18-10/h4-7H,8H2,1-3H3. The summed E-state index contributed by atoms with van der Waals surface area (Å²) in [7, 11) is 1.72. The first-order valence-electron chi connectivity index (χ1n) is 5.77. The van der Waals surface area contributed by atoms with E-state index in [2.05, 4.69) is 9.97 Å². The topological polar surface area (TPSA) is 59.2 Å². The van der Waals surface area contributed by atoms with Crippen molar-refractivity contribution in [2.75, 3.05) is 13.3 Å². The van der Waals surface area contributed by atoms with Crippen molar-refractivity contribution in [1.82, 2.24) is 14.9 Å². The van der Waals surface area contributed by atoms with Crippen molar-refractivity contribution in [3.8, 4) is 0 Å². The minimum absolute atomic E-state index is 0.141. The first-order valence-corrected chi connectivity index (χ1v) is 7.00. The van der Waals surface area contributed by atoms with Gasteiger partial charge in [-0.1, -0.05) is 11.8 Å². The van der Waals surface area contributed by atoms with Crippen LogP contribution in [0.15, 0.2) is 34.0 Å². The maximum Gasteiger partial charge on any atom is 0.272 e. The summed E-state index contributed by atoms with van der Waals surface area (Å²) in [6.07, 6.45) is 3.48. The van der Waals surface area contributed by atoms with Gasteiger partial charge in [-0.05, 0) is 31.4 Å². The number of aryl methyl sites for hydroxylation is 1. The average Bonchev–Trinajstić information content (AvgIpc) is 2.89. The minimum Gasteiger partial charge on any atom is -0.467 e. The Morgan fingerprint density at radius 1 is 1.47 bits per heavy atom. The maximum absolute atomic E-state index is 12.3. The Labute approximate surface area is 116 Å². The van der Waals surface area contributed by atoms with Gasteiger partial charge in [0.2, 0.25) is 0 Å². The van der Waals surface area contributed by atoms with Gasteiger partial charge < -0.3 is 9.32 Å². The van der Waals surface area contributed by atoms with Crippen LogP contribution in [0.25, 0.3) is 0 Å². The van der Waals surface area contributed by atoms with Crippen LogP contribution in [-0.4, -0.2) is 34.1 Å². The summed E-state index contributed by atoms with van der Waals surface area (Å²) in [6.45, 7) is 2.27. The highest BCUT2D eigenvalue weighted by atomic mass is 32.2. The molecule has 0 bridgehead atoms. The molecular formula is C13H15N3O2S. The smallest absolute Gasteiger partial charge is 0.272 e. The van der Waals surface area contributed by atoms with Gasteiger partial charge in [-0.25, -0.2) is 9.97 Å². The lowest BCUT2D eigenvalue weighted by Crippen LogP contribution is -2.27. The van der Waals surface area contributed by atoms with E-state index in [1.807, 2.05) is 19.2 Å². The molecule has 100 valence electrons. The number of rotatable bonds is 4. The molecular weight excluding hydrogens is 262 g/mol. The number of amides is 1. The number of hydrogen-bond acceptors (Lipinski definition) is 5. The van der Waals surface area contributed by atoms with Crippen LogP contribution in [0.4, 0.5) is 0 Å². The number of nitrogens with zero attached hydrogens (tertiary/aromatic N) is 3. The van der Waals surface area contributed by atoms with Crippen molar-refractivity contribution in [3.63, 3.8) is 0 Å². The van der Waals surface area contributed by atoms with Gasteiger partial charge in [-0.15, -0.1) is 0 Å². The van der Waals surface area contributed by atoms with Gasteiger partial charge >= 0.3 is 0 Å². The summed E-state index contributed by atoms with van der Waals surface area (Å²) < 4.78 is 5.23. The van der Waals surface area contributed by atoms with Gasteiger partial charge in [-0.3, -0.25) is 4.79 Å². The van der Waals surface area contributed by atoms with Crippen molar-refractivity contribution in [2.45, 2.75) is 18.6 Å². The lowest BCUT2D eigenvalue weighted by Gasteiger charge is -2.15. The fourth-order valence-corrected chi connectivity index (χ4v) is 2.07.